The molecule has 0 aliphatic rings. The molecular formula is C11H11N5O4. The molecule has 0 aliphatic carbocycles. The normalized spacial score (nSPS) is 10.2. The van der Waals surface area contributed by atoms with E-state index in [1.54, 1.807) is 13.0 Å². The molecule has 2 aromatic heterocycles. The number of ether oxygens (including phenoxy) is 2. The van der Waals surface area contributed by atoms with Gasteiger partial charge < -0.3 is 9.47 Å². The van der Waals surface area contributed by atoms with Crippen LogP contribution in [0, 0.1) is 6.92 Å². The first-order chi connectivity index (χ1) is 9.55. The Labute approximate surface area is 113 Å². The molecule has 0 aromatic carbocycles. The van der Waals surface area contributed by atoms with Crippen LogP contribution >= 0.6 is 0 Å². The van der Waals surface area contributed by atoms with Gasteiger partial charge >= 0.3 is 11.9 Å². The number of methoxy groups -OCH3 is 2. The number of hydrogen-bond acceptors (Lipinski definition) is 8. The summed E-state index contributed by atoms with van der Waals surface area (Å²) >= 11 is 0. The van der Waals surface area contributed by atoms with Crippen molar-refractivity contribution in [2.75, 3.05) is 14.2 Å². The lowest BCUT2D eigenvalue weighted by Crippen LogP contribution is -2.12. The van der Waals surface area contributed by atoms with Crippen molar-refractivity contribution in [3.63, 3.8) is 0 Å². The second-order valence-electron chi connectivity index (χ2n) is 3.69. The third kappa shape index (κ3) is 2.60. The zero-order valence-electron chi connectivity index (χ0n) is 11.0. The number of aromatic nitrogens is 5. The predicted molar refractivity (Wildman–Crippen MR) is 64.4 cm³/mol. The standard InChI is InChI=1S/C11H11N5O4/c1-6-4-7(14-9(13-6)11(18)20-3)16-5-12-8(15-16)10(17)19-2/h4-5H,1-3H3. The second-order valence-corrected chi connectivity index (χ2v) is 3.69. The smallest absolute Gasteiger partial charge is 0.377 e. The van der Waals surface area contributed by atoms with Gasteiger partial charge in [-0.15, -0.1) is 5.10 Å². The summed E-state index contributed by atoms with van der Waals surface area (Å²) in [4.78, 5) is 34.5. The highest BCUT2D eigenvalue weighted by Crippen LogP contribution is 2.07. The summed E-state index contributed by atoms with van der Waals surface area (Å²) < 4.78 is 10.3. The Morgan fingerprint density at radius 1 is 1.10 bits per heavy atom. The van der Waals surface area contributed by atoms with Crippen LogP contribution in [0.5, 0.6) is 0 Å². The average Bonchev–Trinajstić information content (AvgIpc) is 2.94. The van der Waals surface area contributed by atoms with E-state index in [4.69, 9.17) is 0 Å². The molecule has 0 unspecified atom stereocenters. The molecule has 2 aromatic rings. The molecule has 2 rings (SSSR count). The molecule has 0 atom stereocenters. The van der Waals surface area contributed by atoms with E-state index in [1.807, 2.05) is 0 Å². The summed E-state index contributed by atoms with van der Waals surface area (Å²) in [6.07, 6.45) is 1.29. The first-order valence-electron chi connectivity index (χ1n) is 5.49. The molecule has 0 saturated heterocycles. The topological polar surface area (TPSA) is 109 Å². The minimum Gasteiger partial charge on any atom is -0.463 e. The van der Waals surface area contributed by atoms with Crippen LogP contribution in [-0.4, -0.2) is 50.9 Å². The van der Waals surface area contributed by atoms with Gasteiger partial charge in [-0.1, -0.05) is 0 Å². The highest BCUT2D eigenvalue weighted by Gasteiger charge is 2.15. The summed E-state index contributed by atoms with van der Waals surface area (Å²) in [6, 6.07) is 1.59. The first-order valence-corrected chi connectivity index (χ1v) is 5.49. The van der Waals surface area contributed by atoms with Crippen LogP contribution in [-0.2, 0) is 9.47 Å². The van der Waals surface area contributed by atoms with Gasteiger partial charge in [0.25, 0.3) is 5.82 Å². The van der Waals surface area contributed by atoms with E-state index in [0.29, 0.717) is 11.5 Å². The summed E-state index contributed by atoms with van der Waals surface area (Å²) in [5, 5.41) is 3.91. The molecule has 104 valence electrons. The fourth-order valence-electron chi connectivity index (χ4n) is 1.41. The van der Waals surface area contributed by atoms with Crippen molar-refractivity contribution in [3.8, 4) is 5.82 Å². The highest BCUT2D eigenvalue weighted by atomic mass is 16.5. The third-order valence-corrected chi connectivity index (χ3v) is 2.30. The fraction of sp³-hybridized carbons (Fsp3) is 0.273. The van der Waals surface area contributed by atoms with Gasteiger partial charge in [-0.05, 0) is 6.92 Å². The van der Waals surface area contributed by atoms with E-state index in [9.17, 15) is 9.59 Å². The monoisotopic (exact) mass is 277 g/mol. The van der Waals surface area contributed by atoms with Gasteiger partial charge in [-0.25, -0.2) is 29.2 Å². The Balaban J connectivity index is 2.42. The second kappa shape index (κ2) is 5.43. The van der Waals surface area contributed by atoms with Gasteiger partial charge in [0.15, 0.2) is 5.82 Å². The number of rotatable bonds is 3. The molecular weight excluding hydrogens is 266 g/mol. The van der Waals surface area contributed by atoms with Crippen LogP contribution in [0.4, 0.5) is 0 Å². The number of carbonyl (C=O) groups excluding carboxylic acids is 2. The molecule has 2 heterocycles. The van der Waals surface area contributed by atoms with Gasteiger partial charge in [0.05, 0.1) is 14.2 Å². The van der Waals surface area contributed by atoms with Crippen molar-refractivity contribution in [2.45, 2.75) is 6.92 Å². The Kier molecular flexibility index (Phi) is 3.69. The molecule has 0 N–H and O–H groups in total. The summed E-state index contributed by atoms with van der Waals surface area (Å²) in [5.74, 6) is -1.24. The average molecular weight is 277 g/mol. The minimum absolute atomic E-state index is 0.0994. The third-order valence-electron chi connectivity index (χ3n) is 2.30. The molecule has 0 spiro atoms. The lowest BCUT2D eigenvalue weighted by Gasteiger charge is -2.03. The van der Waals surface area contributed by atoms with Crippen molar-refractivity contribution < 1.29 is 19.1 Å². The number of aryl methyl sites for hydroxylation is 1. The maximum absolute atomic E-state index is 11.4. The SMILES string of the molecule is COC(=O)c1nc(C)cc(-n2cnc(C(=O)OC)n2)n1. The van der Waals surface area contributed by atoms with Crippen LogP contribution in [0.25, 0.3) is 5.82 Å². The number of nitrogens with zero attached hydrogens (tertiary/aromatic N) is 5. The molecule has 0 bridgehead atoms. The van der Waals surface area contributed by atoms with Crippen LogP contribution in [0.1, 0.15) is 26.9 Å². The van der Waals surface area contributed by atoms with Gasteiger partial charge in [0, 0.05) is 11.8 Å². The van der Waals surface area contributed by atoms with E-state index >= 15 is 0 Å². The highest BCUT2D eigenvalue weighted by molar-refractivity contribution is 5.85. The van der Waals surface area contributed by atoms with Gasteiger partial charge in [-0.3, -0.25) is 0 Å². The minimum atomic E-state index is -0.664. The zero-order chi connectivity index (χ0) is 14.7. The zero-order valence-corrected chi connectivity index (χ0v) is 11.0. The molecule has 20 heavy (non-hydrogen) atoms. The summed E-state index contributed by atoms with van der Waals surface area (Å²) in [6.45, 7) is 1.69. The maximum atomic E-state index is 11.4. The number of carbonyl (C=O) groups is 2. The number of hydrogen-bond donors (Lipinski definition) is 0. The van der Waals surface area contributed by atoms with E-state index in [-0.39, 0.29) is 11.6 Å². The van der Waals surface area contributed by atoms with Gasteiger partial charge in [0.2, 0.25) is 5.82 Å². The van der Waals surface area contributed by atoms with Crippen LogP contribution in [0.3, 0.4) is 0 Å². The van der Waals surface area contributed by atoms with Crippen LogP contribution < -0.4 is 0 Å². The lowest BCUT2D eigenvalue weighted by molar-refractivity contribution is 0.0577. The largest absolute Gasteiger partial charge is 0.463 e. The fourth-order valence-corrected chi connectivity index (χ4v) is 1.41. The van der Waals surface area contributed by atoms with E-state index in [2.05, 4.69) is 29.5 Å². The van der Waals surface area contributed by atoms with Crippen molar-refractivity contribution >= 4 is 11.9 Å². The van der Waals surface area contributed by atoms with Crippen molar-refractivity contribution in [1.29, 1.82) is 0 Å². The maximum Gasteiger partial charge on any atom is 0.377 e. The first kappa shape index (κ1) is 13.6. The van der Waals surface area contributed by atoms with Gasteiger partial charge in [-0.2, -0.15) is 0 Å². The predicted octanol–water partition coefficient (Wildman–Crippen LogP) is -0.0611. The molecule has 0 amide bonds. The molecule has 0 aliphatic heterocycles. The Morgan fingerprint density at radius 3 is 2.40 bits per heavy atom. The Bertz CT molecular complexity index is 667. The Morgan fingerprint density at radius 2 is 1.75 bits per heavy atom. The number of esters is 2. The van der Waals surface area contributed by atoms with Crippen LogP contribution in [0.15, 0.2) is 12.4 Å². The van der Waals surface area contributed by atoms with E-state index in [0.717, 1.165) is 0 Å². The van der Waals surface area contributed by atoms with Crippen LogP contribution in [0.2, 0.25) is 0 Å². The quantitative estimate of drug-likeness (QED) is 0.717. The van der Waals surface area contributed by atoms with Crippen molar-refractivity contribution in [3.05, 3.63) is 29.7 Å². The van der Waals surface area contributed by atoms with Crippen molar-refractivity contribution in [2.24, 2.45) is 0 Å². The molecule has 0 radical (unpaired) electrons. The molecule has 9 nitrogen and oxygen atoms in total. The summed E-state index contributed by atoms with van der Waals surface area (Å²) in [7, 11) is 2.46. The van der Waals surface area contributed by atoms with Crippen molar-refractivity contribution in [1.82, 2.24) is 24.7 Å². The van der Waals surface area contributed by atoms with E-state index < -0.39 is 11.9 Å². The molecule has 0 saturated carbocycles. The molecule has 9 heteroatoms. The van der Waals surface area contributed by atoms with Gasteiger partial charge in [0.1, 0.15) is 6.33 Å². The Hall–Kier alpha value is -2.84. The van der Waals surface area contributed by atoms with E-state index in [1.165, 1.54) is 25.2 Å². The lowest BCUT2D eigenvalue weighted by atomic mass is 10.4. The molecule has 0 fully saturated rings. The summed E-state index contributed by atoms with van der Waals surface area (Å²) in [5.41, 5.74) is 0.547.